The Labute approximate surface area is 91.7 Å². The number of nitrogens with zero attached hydrogens (tertiary/aromatic N) is 1. The van der Waals surface area contributed by atoms with Crippen LogP contribution in [0.3, 0.4) is 0 Å². The molecule has 0 N–H and O–H groups in total. The van der Waals surface area contributed by atoms with Crippen molar-refractivity contribution in [1.82, 2.24) is 4.90 Å². The van der Waals surface area contributed by atoms with E-state index in [1.54, 1.807) is 0 Å². The van der Waals surface area contributed by atoms with E-state index in [4.69, 9.17) is 0 Å². The summed E-state index contributed by atoms with van der Waals surface area (Å²) in [6.45, 7) is 3.11. The molecule has 0 aromatic carbocycles. The number of alkyl halides is 8. The Morgan fingerprint density at radius 2 is 1.35 bits per heavy atom. The molecule has 1 atom stereocenters. The Balaban J connectivity index is 5.55. The summed E-state index contributed by atoms with van der Waals surface area (Å²) in [4.78, 5) is -1.37. The van der Waals surface area contributed by atoms with Gasteiger partial charge in [0.15, 0.2) is 6.04 Å². The predicted octanol–water partition coefficient (Wildman–Crippen LogP) is 3.58. The van der Waals surface area contributed by atoms with Crippen molar-refractivity contribution in [2.24, 2.45) is 0 Å². The first kappa shape index (κ1) is 16.1. The maximum Gasteiger partial charge on any atom is 0.460 e. The molecule has 102 valence electrons. The van der Waals surface area contributed by atoms with E-state index in [1.807, 2.05) is 0 Å². The number of hydrogen-bond donors (Lipinski definition) is 0. The van der Waals surface area contributed by atoms with Crippen molar-refractivity contribution in [1.29, 1.82) is 0 Å². The molecule has 0 aromatic rings. The minimum atomic E-state index is -5.74. The van der Waals surface area contributed by atoms with Gasteiger partial charge in [-0.1, -0.05) is 6.58 Å². The molecule has 9 heteroatoms. The molecular weight excluding hydrogens is 262 g/mol. The van der Waals surface area contributed by atoms with Crippen LogP contribution in [0.1, 0.15) is 6.92 Å². The summed E-state index contributed by atoms with van der Waals surface area (Å²) in [6.07, 6.45) is -11.3. The summed E-state index contributed by atoms with van der Waals surface area (Å²) in [7, 11) is -0.0883. The number of halogens is 8. The van der Waals surface area contributed by atoms with Gasteiger partial charge in [-0.3, -0.25) is 0 Å². The third-order valence-electron chi connectivity index (χ3n) is 2.01. The van der Waals surface area contributed by atoms with E-state index >= 15 is 0 Å². The largest absolute Gasteiger partial charge is 0.460 e. The monoisotopic (exact) mass is 271 g/mol. The fraction of sp³-hybridized carbons (Fsp3) is 0.750. The lowest BCUT2D eigenvalue weighted by molar-refractivity contribution is -0.321. The Kier molecular flexibility index (Phi) is 4.21. The highest BCUT2D eigenvalue weighted by Crippen LogP contribution is 2.42. The standard InChI is InChI=1S/C8H9F8N/c1-4(2)6(9,10)5(7(11,12)13)17(3)8(14,15)16/h5H,1H2,2-3H3. The topological polar surface area (TPSA) is 3.24 Å². The maximum absolute atomic E-state index is 13.1. The van der Waals surface area contributed by atoms with Gasteiger partial charge < -0.3 is 0 Å². The van der Waals surface area contributed by atoms with Gasteiger partial charge in [0.1, 0.15) is 0 Å². The Morgan fingerprint density at radius 1 is 1.00 bits per heavy atom. The minimum Gasteiger partial charge on any atom is -0.200 e. The van der Waals surface area contributed by atoms with Crippen molar-refractivity contribution in [3.63, 3.8) is 0 Å². The van der Waals surface area contributed by atoms with Gasteiger partial charge in [0, 0.05) is 0 Å². The molecular formula is C8H9F8N. The van der Waals surface area contributed by atoms with Gasteiger partial charge in [0.2, 0.25) is 0 Å². The summed E-state index contributed by atoms with van der Waals surface area (Å²) in [6, 6.07) is -3.99. The molecule has 0 spiro atoms. The molecule has 0 radical (unpaired) electrons. The van der Waals surface area contributed by atoms with Crippen LogP contribution >= 0.6 is 0 Å². The summed E-state index contributed by atoms with van der Waals surface area (Å²) in [5, 5.41) is 0. The molecule has 0 aliphatic rings. The second-order valence-electron chi connectivity index (χ2n) is 3.43. The molecule has 0 heterocycles. The van der Waals surface area contributed by atoms with E-state index < -0.39 is 34.9 Å². The van der Waals surface area contributed by atoms with Crippen molar-refractivity contribution < 1.29 is 35.1 Å². The van der Waals surface area contributed by atoms with Crippen LogP contribution in [0.15, 0.2) is 12.2 Å². The summed E-state index contributed by atoms with van der Waals surface area (Å²) >= 11 is 0. The van der Waals surface area contributed by atoms with Gasteiger partial charge in [-0.15, -0.1) is 0 Å². The highest BCUT2D eigenvalue weighted by atomic mass is 19.4. The SMILES string of the molecule is C=C(C)C(F)(F)C(N(C)C(F)(F)F)C(F)(F)F. The normalized spacial score (nSPS) is 16.2. The lowest BCUT2D eigenvalue weighted by atomic mass is 10.0. The molecule has 0 rings (SSSR count). The molecule has 0 fully saturated rings. The highest BCUT2D eigenvalue weighted by Gasteiger charge is 2.63. The Hall–Kier alpha value is -0.860. The first-order chi connectivity index (χ1) is 7.22. The Morgan fingerprint density at radius 3 is 1.53 bits per heavy atom. The number of hydrogen-bond acceptors (Lipinski definition) is 1. The molecule has 0 aromatic heterocycles. The molecule has 1 unspecified atom stereocenters. The minimum absolute atomic E-state index is 0.0883. The average molecular weight is 271 g/mol. The van der Waals surface area contributed by atoms with Gasteiger partial charge in [0.25, 0.3) is 5.92 Å². The predicted molar refractivity (Wildman–Crippen MR) is 43.4 cm³/mol. The van der Waals surface area contributed by atoms with Gasteiger partial charge in [-0.05, 0) is 19.5 Å². The van der Waals surface area contributed by atoms with Crippen LogP contribution in [-0.4, -0.2) is 36.4 Å². The van der Waals surface area contributed by atoms with Crippen molar-refractivity contribution in [3.05, 3.63) is 12.2 Å². The molecule has 0 bridgehead atoms. The van der Waals surface area contributed by atoms with Crippen LogP contribution in [0.2, 0.25) is 0 Å². The summed E-state index contributed by atoms with van der Waals surface area (Å²) in [5.41, 5.74) is -1.30. The smallest absolute Gasteiger partial charge is 0.200 e. The third-order valence-corrected chi connectivity index (χ3v) is 2.01. The van der Waals surface area contributed by atoms with Crippen molar-refractivity contribution in [2.75, 3.05) is 7.05 Å². The average Bonchev–Trinajstić information content (AvgIpc) is 1.98. The van der Waals surface area contributed by atoms with Crippen LogP contribution in [0.25, 0.3) is 0 Å². The third kappa shape index (κ3) is 3.55. The van der Waals surface area contributed by atoms with Gasteiger partial charge >= 0.3 is 12.5 Å². The van der Waals surface area contributed by atoms with E-state index in [9.17, 15) is 35.1 Å². The van der Waals surface area contributed by atoms with Crippen LogP contribution in [0.5, 0.6) is 0 Å². The molecule has 0 aliphatic heterocycles. The summed E-state index contributed by atoms with van der Waals surface area (Å²) in [5.74, 6) is -4.73. The van der Waals surface area contributed by atoms with E-state index in [0.717, 1.165) is 0 Å². The van der Waals surface area contributed by atoms with Crippen molar-refractivity contribution in [2.45, 2.75) is 31.4 Å². The first-order valence-corrected chi connectivity index (χ1v) is 4.12. The molecule has 1 nitrogen and oxygen atoms in total. The molecule has 17 heavy (non-hydrogen) atoms. The second kappa shape index (κ2) is 4.43. The van der Waals surface area contributed by atoms with Crippen LogP contribution in [-0.2, 0) is 0 Å². The maximum atomic E-state index is 13.1. The van der Waals surface area contributed by atoms with Gasteiger partial charge in [0.05, 0.1) is 0 Å². The van der Waals surface area contributed by atoms with E-state index in [-0.39, 0.29) is 7.05 Å². The van der Waals surface area contributed by atoms with Crippen LogP contribution < -0.4 is 0 Å². The first-order valence-electron chi connectivity index (χ1n) is 4.12. The van der Waals surface area contributed by atoms with E-state index in [0.29, 0.717) is 6.92 Å². The quantitative estimate of drug-likeness (QED) is 0.431. The molecule has 0 aliphatic carbocycles. The lowest BCUT2D eigenvalue weighted by Crippen LogP contribution is -2.59. The zero-order valence-corrected chi connectivity index (χ0v) is 8.76. The fourth-order valence-electron chi connectivity index (χ4n) is 1.05. The second-order valence-corrected chi connectivity index (χ2v) is 3.43. The number of rotatable bonds is 3. The van der Waals surface area contributed by atoms with E-state index in [2.05, 4.69) is 6.58 Å². The molecule has 0 saturated heterocycles. The fourth-order valence-corrected chi connectivity index (χ4v) is 1.05. The molecule has 0 saturated carbocycles. The van der Waals surface area contributed by atoms with Crippen molar-refractivity contribution in [3.8, 4) is 0 Å². The zero-order chi connectivity index (χ0) is 14.2. The van der Waals surface area contributed by atoms with Crippen molar-refractivity contribution >= 4 is 0 Å². The lowest BCUT2D eigenvalue weighted by Gasteiger charge is -2.36. The summed E-state index contributed by atoms with van der Waals surface area (Å²) < 4.78 is 99.4. The van der Waals surface area contributed by atoms with E-state index in [1.165, 1.54) is 0 Å². The van der Waals surface area contributed by atoms with Gasteiger partial charge in [-0.2, -0.15) is 40.0 Å². The Bertz CT molecular complexity index is 289. The van der Waals surface area contributed by atoms with Crippen LogP contribution in [0.4, 0.5) is 35.1 Å². The van der Waals surface area contributed by atoms with Crippen LogP contribution in [0, 0.1) is 0 Å². The molecule has 0 amide bonds. The zero-order valence-electron chi connectivity index (χ0n) is 8.76. The van der Waals surface area contributed by atoms with Gasteiger partial charge in [-0.25, -0.2) is 0 Å². The highest BCUT2D eigenvalue weighted by molar-refractivity contribution is 5.11.